The van der Waals surface area contributed by atoms with Crippen LogP contribution in [0, 0.1) is 10.1 Å². The van der Waals surface area contributed by atoms with E-state index in [0.29, 0.717) is 22.4 Å². The molecule has 132 valence electrons. The fourth-order valence-corrected chi connectivity index (χ4v) is 2.28. The van der Waals surface area contributed by atoms with Crippen LogP contribution in [-0.4, -0.2) is 24.0 Å². The van der Waals surface area contributed by atoms with Crippen LogP contribution < -0.4 is 14.8 Å². The largest absolute Gasteiger partial charge is 0.494 e. The number of hydrogen-bond donors (Lipinski definition) is 1. The molecular weight excluding hydrogens is 371 g/mol. The maximum absolute atomic E-state index is 12.0. The van der Waals surface area contributed by atoms with Crippen LogP contribution in [0.4, 0.5) is 11.4 Å². The number of hydrogen-bond acceptors (Lipinski definition) is 5. The van der Waals surface area contributed by atoms with Crippen molar-refractivity contribution in [1.29, 1.82) is 0 Å². The highest BCUT2D eigenvalue weighted by Crippen LogP contribution is 2.30. The standard InChI is InChI=1S/C16H14Cl2N2O5/c1-2-24-11-4-6-13(14(8-11)20(22)23)19-16(21)9-25-15-7-10(17)3-5-12(15)18/h3-8H,2,9H2,1H3,(H,19,21). The molecule has 2 aromatic rings. The highest BCUT2D eigenvalue weighted by Gasteiger charge is 2.18. The van der Waals surface area contributed by atoms with Gasteiger partial charge in [-0.2, -0.15) is 0 Å². The minimum atomic E-state index is -0.604. The lowest BCUT2D eigenvalue weighted by Crippen LogP contribution is -2.20. The van der Waals surface area contributed by atoms with Crippen LogP contribution in [0.15, 0.2) is 36.4 Å². The van der Waals surface area contributed by atoms with Crippen LogP contribution in [0.1, 0.15) is 6.92 Å². The Bertz CT molecular complexity index is 798. The summed E-state index contributed by atoms with van der Waals surface area (Å²) in [4.78, 5) is 22.6. The molecule has 0 radical (unpaired) electrons. The molecule has 0 aliphatic heterocycles. The molecule has 7 nitrogen and oxygen atoms in total. The Balaban J connectivity index is 2.07. The van der Waals surface area contributed by atoms with Crippen molar-refractivity contribution < 1.29 is 19.2 Å². The van der Waals surface area contributed by atoms with Gasteiger partial charge in [0.05, 0.1) is 22.6 Å². The number of nitro benzene ring substituents is 1. The summed E-state index contributed by atoms with van der Waals surface area (Å²) in [6, 6.07) is 8.76. The van der Waals surface area contributed by atoms with Crippen LogP contribution in [0.3, 0.4) is 0 Å². The molecule has 0 atom stereocenters. The van der Waals surface area contributed by atoms with Crippen molar-refractivity contribution in [1.82, 2.24) is 0 Å². The number of rotatable bonds is 7. The molecule has 9 heteroatoms. The van der Waals surface area contributed by atoms with E-state index in [1.54, 1.807) is 13.0 Å². The zero-order chi connectivity index (χ0) is 18.4. The molecule has 0 saturated carbocycles. The smallest absolute Gasteiger partial charge is 0.296 e. The molecule has 0 unspecified atom stereocenters. The summed E-state index contributed by atoms with van der Waals surface area (Å²) >= 11 is 11.8. The predicted octanol–water partition coefficient (Wildman–Crippen LogP) is 4.32. The topological polar surface area (TPSA) is 90.7 Å². The zero-order valence-electron chi connectivity index (χ0n) is 13.1. The van der Waals surface area contributed by atoms with E-state index in [1.807, 2.05) is 0 Å². The van der Waals surface area contributed by atoms with E-state index in [0.717, 1.165) is 0 Å². The van der Waals surface area contributed by atoms with Gasteiger partial charge in [-0.3, -0.25) is 14.9 Å². The summed E-state index contributed by atoms with van der Waals surface area (Å²) in [5.41, 5.74) is -0.237. The highest BCUT2D eigenvalue weighted by molar-refractivity contribution is 6.34. The number of ether oxygens (including phenoxy) is 2. The lowest BCUT2D eigenvalue weighted by Gasteiger charge is -2.10. The summed E-state index contributed by atoms with van der Waals surface area (Å²) in [6.07, 6.45) is 0. The first-order valence-electron chi connectivity index (χ1n) is 7.19. The number of nitrogens with one attached hydrogen (secondary N) is 1. The monoisotopic (exact) mass is 384 g/mol. The minimum absolute atomic E-state index is 0.0410. The van der Waals surface area contributed by atoms with Gasteiger partial charge in [0.25, 0.3) is 11.6 Å². The number of amides is 1. The molecule has 0 aliphatic carbocycles. The first kappa shape index (κ1) is 18.8. The van der Waals surface area contributed by atoms with Crippen LogP contribution in [0.2, 0.25) is 10.0 Å². The molecule has 1 amide bonds. The number of halogens is 2. The molecule has 0 aliphatic rings. The van der Waals surface area contributed by atoms with E-state index in [-0.39, 0.29) is 23.7 Å². The Morgan fingerprint density at radius 2 is 1.96 bits per heavy atom. The van der Waals surface area contributed by atoms with E-state index >= 15 is 0 Å². The molecule has 2 aromatic carbocycles. The molecule has 0 heterocycles. The van der Waals surface area contributed by atoms with Gasteiger partial charge in [-0.1, -0.05) is 23.2 Å². The van der Waals surface area contributed by atoms with Crippen LogP contribution in [-0.2, 0) is 4.79 Å². The van der Waals surface area contributed by atoms with E-state index in [2.05, 4.69) is 5.32 Å². The van der Waals surface area contributed by atoms with Gasteiger partial charge in [0.1, 0.15) is 17.2 Å². The first-order chi connectivity index (χ1) is 11.9. The molecule has 0 aromatic heterocycles. The van der Waals surface area contributed by atoms with Gasteiger partial charge >= 0.3 is 0 Å². The summed E-state index contributed by atoms with van der Waals surface area (Å²) < 4.78 is 10.5. The molecular formula is C16H14Cl2N2O5. The molecule has 0 fully saturated rings. The third-order valence-electron chi connectivity index (χ3n) is 3.00. The van der Waals surface area contributed by atoms with Crippen LogP contribution >= 0.6 is 23.2 Å². The van der Waals surface area contributed by atoms with Gasteiger partial charge in [0.15, 0.2) is 6.61 Å². The minimum Gasteiger partial charge on any atom is -0.494 e. The Hall–Kier alpha value is -2.51. The first-order valence-corrected chi connectivity index (χ1v) is 7.95. The van der Waals surface area contributed by atoms with Gasteiger partial charge in [0.2, 0.25) is 0 Å². The summed E-state index contributed by atoms with van der Waals surface area (Å²) in [5.74, 6) is 0.00275. The quantitative estimate of drug-likeness (QED) is 0.566. The summed E-state index contributed by atoms with van der Waals surface area (Å²) in [7, 11) is 0. The van der Waals surface area contributed by atoms with Gasteiger partial charge in [-0.25, -0.2) is 0 Å². The molecule has 0 saturated heterocycles. The third-order valence-corrected chi connectivity index (χ3v) is 3.55. The fraction of sp³-hybridized carbons (Fsp3) is 0.188. The Kier molecular flexibility index (Phi) is 6.44. The Labute approximate surface area is 153 Å². The number of nitro groups is 1. The number of benzene rings is 2. The zero-order valence-corrected chi connectivity index (χ0v) is 14.6. The second-order valence-corrected chi connectivity index (χ2v) is 5.62. The van der Waals surface area contributed by atoms with Gasteiger partial charge in [0, 0.05) is 11.1 Å². The second-order valence-electron chi connectivity index (χ2n) is 4.78. The fourth-order valence-electron chi connectivity index (χ4n) is 1.94. The van der Waals surface area contributed by atoms with E-state index in [1.165, 1.54) is 30.3 Å². The van der Waals surface area contributed by atoms with Crippen molar-refractivity contribution in [3.05, 3.63) is 56.6 Å². The molecule has 1 N–H and O–H groups in total. The molecule has 0 spiro atoms. The van der Waals surface area contributed by atoms with Crippen molar-refractivity contribution in [2.75, 3.05) is 18.5 Å². The lowest BCUT2D eigenvalue weighted by atomic mass is 10.2. The lowest BCUT2D eigenvalue weighted by molar-refractivity contribution is -0.384. The third kappa shape index (κ3) is 5.23. The molecule has 25 heavy (non-hydrogen) atoms. The van der Waals surface area contributed by atoms with Gasteiger partial charge in [-0.05, 0) is 31.2 Å². The predicted molar refractivity (Wildman–Crippen MR) is 94.9 cm³/mol. The van der Waals surface area contributed by atoms with E-state index < -0.39 is 10.8 Å². The van der Waals surface area contributed by atoms with Gasteiger partial charge < -0.3 is 14.8 Å². The van der Waals surface area contributed by atoms with E-state index in [9.17, 15) is 14.9 Å². The molecule has 2 rings (SSSR count). The average molecular weight is 385 g/mol. The second kappa shape index (κ2) is 8.55. The van der Waals surface area contributed by atoms with E-state index in [4.69, 9.17) is 32.7 Å². The maximum atomic E-state index is 12.0. The number of nitrogens with zero attached hydrogens (tertiary/aromatic N) is 1. The van der Waals surface area contributed by atoms with Crippen molar-refractivity contribution in [3.8, 4) is 11.5 Å². The van der Waals surface area contributed by atoms with Crippen molar-refractivity contribution >= 4 is 40.5 Å². The number of carbonyl (C=O) groups is 1. The van der Waals surface area contributed by atoms with Crippen molar-refractivity contribution in [3.63, 3.8) is 0 Å². The SMILES string of the molecule is CCOc1ccc(NC(=O)COc2cc(Cl)ccc2Cl)c([N+](=O)[O-])c1. The maximum Gasteiger partial charge on any atom is 0.296 e. The van der Waals surface area contributed by atoms with Crippen LogP contribution in [0.25, 0.3) is 0 Å². The van der Waals surface area contributed by atoms with Crippen LogP contribution in [0.5, 0.6) is 11.5 Å². The molecule has 0 bridgehead atoms. The Morgan fingerprint density at radius 3 is 2.64 bits per heavy atom. The summed E-state index contributed by atoms with van der Waals surface area (Å²) in [5, 5.41) is 14.3. The number of anilines is 1. The highest BCUT2D eigenvalue weighted by atomic mass is 35.5. The van der Waals surface area contributed by atoms with Gasteiger partial charge in [-0.15, -0.1) is 0 Å². The van der Waals surface area contributed by atoms with Crippen molar-refractivity contribution in [2.45, 2.75) is 6.92 Å². The number of carbonyl (C=O) groups excluding carboxylic acids is 1. The summed E-state index contributed by atoms with van der Waals surface area (Å²) in [6.45, 7) is 1.75. The van der Waals surface area contributed by atoms with Crippen molar-refractivity contribution in [2.24, 2.45) is 0 Å². The average Bonchev–Trinajstić information content (AvgIpc) is 2.57. The normalized spacial score (nSPS) is 10.2. The Morgan fingerprint density at radius 1 is 1.20 bits per heavy atom.